The summed E-state index contributed by atoms with van der Waals surface area (Å²) in [5.41, 5.74) is -0.417. The van der Waals surface area contributed by atoms with E-state index in [1.807, 2.05) is 0 Å². The van der Waals surface area contributed by atoms with Gasteiger partial charge in [-0.15, -0.1) is 0 Å². The molecule has 3 heteroatoms. The van der Waals surface area contributed by atoms with Crippen molar-refractivity contribution in [3.63, 3.8) is 0 Å². The molecule has 1 N–H and O–H groups in total. The number of fused-ring (bicyclic) bond motifs is 2. The molecule has 2 saturated carbocycles. The van der Waals surface area contributed by atoms with E-state index in [1.165, 1.54) is 32.2 Å². The molecule has 3 atom stereocenters. The molecule has 114 valence electrons. The van der Waals surface area contributed by atoms with E-state index in [2.05, 4.69) is 11.8 Å². The molecule has 3 fully saturated rings. The van der Waals surface area contributed by atoms with E-state index in [1.54, 1.807) is 0 Å². The highest BCUT2D eigenvalue weighted by Gasteiger charge is 2.43. The van der Waals surface area contributed by atoms with Crippen molar-refractivity contribution in [1.82, 2.24) is 4.90 Å². The van der Waals surface area contributed by atoms with E-state index < -0.39 is 11.4 Å². The molecule has 3 nitrogen and oxygen atoms in total. The predicted octanol–water partition coefficient (Wildman–Crippen LogP) is 3.39. The van der Waals surface area contributed by atoms with E-state index in [9.17, 15) is 9.90 Å². The van der Waals surface area contributed by atoms with Crippen LogP contribution in [0.2, 0.25) is 0 Å². The van der Waals surface area contributed by atoms with E-state index in [-0.39, 0.29) is 0 Å². The molecule has 20 heavy (non-hydrogen) atoms. The first-order valence-corrected chi connectivity index (χ1v) is 8.59. The second-order valence-electron chi connectivity index (χ2n) is 7.57. The van der Waals surface area contributed by atoms with Gasteiger partial charge in [-0.25, -0.2) is 0 Å². The minimum atomic E-state index is -0.557. The highest BCUT2D eigenvalue weighted by Crippen LogP contribution is 2.49. The lowest BCUT2D eigenvalue weighted by molar-refractivity contribution is -0.152. The molecule has 3 rings (SSSR count). The monoisotopic (exact) mass is 279 g/mol. The zero-order valence-corrected chi connectivity index (χ0v) is 12.8. The molecular formula is C17H29NO2. The Balaban J connectivity index is 1.52. The third-order valence-electron chi connectivity index (χ3n) is 6.37. The van der Waals surface area contributed by atoms with Crippen molar-refractivity contribution in [3.05, 3.63) is 0 Å². The summed E-state index contributed by atoms with van der Waals surface area (Å²) in [7, 11) is 0. The normalized spacial score (nSPS) is 36.4. The Bertz CT molecular complexity index is 360. The lowest BCUT2D eigenvalue weighted by atomic mass is 9.74. The fourth-order valence-electron chi connectivity index (χ4n) is 5.14. The molecule has 0 spiro atoms. The summed E-state index contributed by atoms with van der Waals surface area (Å²) in [6, 6.07) is 0. The van der Waals surface area contributed by atoms with Crippen LogP contribution in [0.3, 0.4) is 0 Å². The van der Waals surface area contributed by atoms with Gasteiger partial charge in [0.1, 0.15) is 0 Å². The molecular weight excluding hydrogens is 250 g/mol. The van der Waals surface area contributed by atoms with Crippen molar-refractivity contribution in [2.45, 2.75) is 58.3 Å². The van der Waals surface area contributed by atoms with Crippen molar-refractivity contribution < 1.29 is 9.90 Å². The molecule has 0 aromatic heterocycles. The third kappa shape index (κ3) is 2.61. The van der Waals surface area contributed by atoms with Gasteiger partial charge < -0.3 is 10.0 Å². The summed E-state index contributed by atoms with van der Waals surface area (Å²) in [5, 5.41) is 9.56. The first-order chi connectivity index (χ1) is 9.63. The maximum Gasteiger partial charge on any atom is 0.309 e. The zero-order chi connectivity index (χ0) is 14.2. The van der Waals surface area contributed by atoms with E-state index in [4.69, 9.17) is 0 Å². The van der Waals surface area contributed by atoms with E-state index in [0.717, 1.165) is 56.5 Å². The van der Waals surface area contributed by atoms with Crippen molar-refractivity contribution in [1.29, 1.82) is 0 Å². The van der Waals surface area contributed by atoms with Gasteiger partial charge in [0, 0.05) is 6.54 Å². The van der Waals surface area contributed by atoms with Crippen LogP contribution in [0, 0.1) is 23.2 Å². The molecule has 2 bridgehead atoms. The molecule has 3 unspecified atom stereocenters. The molecule has 0 amide bonds. The van der Waals surface area contributed by atoms with Crippen LogP contribution in [0.1, 0.15) is 58.3 Å². The maximum atomic E-state index is 11.6. The molecule has 3 aliphatic rings. The predicted molar refractivity (Wildman–Crippen MR) is 79.6 cm³/mol. The van der Waals surface area contributed by atoms with Crippen molar-refractivity contribution in [2.75, 3.05) is 19.6 Å². The lowest BCUT2D eigenvalue weighted by Gasteiger charge is -2.40. The number of hydrogen-bond donors (Lipinski definition) is 1. The number of piperidine rings is 1. The van der Waals surface area contributed by atoms with Crippen LogP contribution in [0.4, 0.5) is 0 Å². The number of nitrogens with zero attached hydrogens (tertiary/aromatic N) is 1. The molecule has 1 aliphatic heterocycles. The van der Waals surface area contributed by atoms with Gasteiger partial charge in [-0.1, -0.05) is 19.8 Å². The summed E-state index contributed by atoms with van der Waals surface area (Å²) >= 11 is 0. The Morgan fingerprint density at radius 2 is 2.00 bits per heavy atom. The van der Waals surface area contributed by atoms with Crippen molar-refractivity contribution in [3.8, 4) is 0 Å². The lowest BCUT2D eigenvalue weighted by Crippen LogP contribution is -2.46. The number of carboxylic acids is 1. The van der Waals surface area contributed by atoms with Gasteiger partial charge >= 0.3 is 5.97 Å². The highest BCUT2D eigenvalue weighted by atomic mass is 16.4. The third-order valence-corrected chi connectivity index (χ3v) is 6.37. The molecule has 0 radical (unpaired) electrons. The van der Waals surface area contributed by atoms with Crippen LogP contribution in [0.5, 0.6) is 0 Å². The Hall–Kier alpha value is -0.570. The Morgan fingerprint density at radius 3 is 2.50 bits per heavy atom. The van der Waals surface area contributed by atoms with Gasteiger partial charge in [-0.2, -0.15) is 0 Å². The van der Waals surface area contributed by atoms with Crippen LogP contribution >= 0.6 is 0 Å². The van der Waals surface area contributed by atoms with E-state index >= 15 is 0 Å². The summed E-state index contributed by atoms with van der Waals surface area (Å²) in [6.45, 7) is 5.34. The summed E-state index contributed by atoms with van der Waals surface area (Å²) in [4.78, 5) is 14.2. The van der Waals surface area contributed by atoms with Crippen LogP contribution in [0.15, 0.2) is 0 Å². The SMILES string of the molecule is CCCC1(C(=O)O)CCN(CC2CC3CCC2C3)CC1. The molecule has 0 aromatic rings. The van der Waals surface area contributed by atoms with Gasteiger partial charge in [0.15, 0.2) is 0 Å². The number of rotatable bonds is 5. The maximum absolute atomic E-state index is 11.6. The second-order valence-corrected chi connectivity index (χ2v) is 7.57. The minimum Gasteiger partial charge on any atom is -0.481 e. The largest absolute Gasteiger partial charge is 0.481 e. The first-order valence-electron chi connectivity index (χ1n) is 8.59. The zero-order valence-electron chi connectivity index (χ0n) is 12.8. The first kappa shape index (κ1) is 14.4. The van der Waals surface area contributed by atoms with E-state index in [0.29, 0.717) is 0 Å². The second kappa shape index (κ2) is 5.67. The van der Waals surface area contributed by atoms with Crippen molar-refractivity contribution in [2.24, 2.45) is 23.2 Å². The van der Waals surface area contributed by atoms with Crippen molar-refractivity contribution >= 4 is 5.97 Å². The summed E-state index contributed by atoms with van der Waals surface area (Å²) in [5.74, 6) is 2.37. The standard InChI is InChI=1S/C17H29NO2/c1-2-5-17(16(19)20)6-8-18(9-7-17)12-15-11-13-3-4-14(15)10-13/h13-15H,2-12H2,1H3,(H,19,20). The topological polar surface area (TPSA) is 40.5 Å². The molecule has 2 aliphatic carbocycles. The Labute approximate surface area is 122 Å². The smallest absolute Gasteiger partial charge is 0.309 e. The van der Waals surface area contributed by atoms with Crippen LogP contribution in [0.25, 0.3) is 0 Å². The number of hydrogen-bond acceptors (Lipinski definition) is 2. The minimum absolute atomic E-state index is 0.417. The average molecular weight is 279 g/mol. The van der Waals surface area contributed by atoms with Gasteiger partial charge in [0.2, 0.25) is 0 Å². The molecule has 1 heterocycles. The van der Waals surface area contributed by atoms with Crippen LogP contribution in [-0.4, -0.2) is 35.6 Å². The van der Waals surface area contributed by atoms with Gasteiger partial charge in [-0.05, 0) is 69.4 Å². The van der Waals surface area contributed by atoms with Gasteiger partial charge in [0.25, 0.3) is 0 Å². The Morgan fingerprint density at radius 1 is 1.25 bits per heavy atom. The van der Waals surface area contributed by atoms with Crippen LogP contribution in [-0.2, 0) is 4.79 Å². The van der Waals surface area contributed by atoms with Gasteiger partial charge in [-0.3, -0.25) is 4.79 Å². The quantitative estimate of drug-likeness (QED) is 0.838. The molecule has 0 aromatic carbocycles. The number of likely N-dealkylation sites (tertiary alicyclic amines) is 1. The number of carbonyl (C=O) groups is 1. The summed E-state index contributed by atoms with van der Waals surface area (Å²) in [6.07, 6.45) is 9.41. The average Bonchev–Trinajstić information content (AvgIpc) is 3.03. The van der Waals surface area contributed by atoms with Crippen LogP contribution < -0.4 is 0 Å². The fourth-order valence-corrected chi connectivity index (χ4v) is 5.14. The fraction of sp³-hybridized carbons (Fsp3) is 0.941. The Kier molecular flexibility index (Phi) is 4.07. The number of carboxylic acid groups (broad SMARTS) is 1. The molecule has 1 saturated heterocycles. The highest BCUT2D eigenvalue weighted by molar-refractivity contribution is 5.74. The number of aliphatic carboxylic acids is 1. The van der Waals surface area contributed by atoms with Gasteiger partial charge in [0.05, 0.1) is 5.41 Å². The summed E-state index contributed by atoms with van der Waals surface area (Å²) < 4.78 is 0.